The standard InChI is InChI=1S/C13H15N3O2S/c1-9(19-13-15-14-8-16(13)2)12(17)10-4-6-11(18-3)7-5-10/h4-9H,1-3H3/t9-/m0/s1. The smallest absolute Gasteiger partial charge is 0.191 e. The predicted octanol–water partition coefficient (Wildman–Crippen LogP) is 2.19. The summed E-state index contributed by atoms with van der Waals surface area (Å²) in [6, 6.07) is 7.11. The van der Waals surface area contributed by atoms with E-state index in [9.17, 15) is 4.79 Å². The van der Waals surface area contributed by atoms with Crippen molar-refractivity contribution in [3.8, 4) is 5.75 Å². The van der Waals surface area contributed by atoms with E-state index in [1.807, 2.05) is 14.0 Å². The van der Waals surface area contributed by atoms with Crippen LogP contribution >= 0.6 is 11.8 Å². The van der Waals surface area contributed by atoms with E-state index in [-0.39, 0.29) is 11.0 Å². The van der Waals surface area contributed by atoms with Crippen molar-refractivity contribution in [3.05, 3.63) is 36.2 Å². The van der Waals surface area contributed by atoms with Crippen LogP contribution in [0.4, 0.5) is 0 Å². The molecule has 2 rings (SSSR count). The van der Waals surface area contributed by atoms with Crippen molar-refractivity contribution >= 4 is 17.5 Å². The second kappa shape index (κ2) is 5.88. The average molecular weight is 277 g/mol. The lowest BCUT2D eigenvalue weighted by Gasteiger charge is -2.09. The summed E-state index contributed by atoms with van der Waals surface area (Å²) in [6.07, 6.45) is 1.62. The highest BCUT2D eigenvalue weighted by Gasteiger charge is 2.18. The fourth-order valence-corrected chi connectivity index (χ4v) is 2.45. The Balaban J connectivity index is 2.08. The van der Waals surface area contributed by atoms with Crippen molar-refractivity contribution in [2.75, 3.05) is 7.11 Å². The second-order valence-corrected chi connectivity index (χ2v) is 5.39. The van der Waals surface area contributed by atoms with E-state index in [2.05, 4.69) is 10.2 Å². The molecule has 0 spiro atoms. The van der Waals surface area contributed by atoms with E-state index < -0.39 is 0 Å². The molecule has 0 saturated heterocycles. The molecule has 0 bridgehead atoms. The molecular formula is C13H15N3O2S. The Bertz CT molecular complexity index is 566. The number of Topliss-reactive ketones (excluding diaryl/α,β-unsaturated/α-hetero) is 1. The quantitative estimate of drug-likeness (QED) is 0.619. The van der Waals surface area contributed by atoms with Crippen LogP contribution in [0.25, 0.3) is 0 Å². The number of thioether (sulfide) groups is 1. The summed E-state index contributed by atoms with van der Waals surface area (Å²) < 4.78 is 6.87. The number of ketones is 1. The Hall–Kier alpha value is -1.82. The van der Waals surface area contributed by atoms with Crippen LogP contribution in [-0.4, -0.2) is 32.9 Å². The van der Waals surface area contributed by atoms with Crippen molar-refractivity contribution in [1.29, 1.82) is 0 Å². The van der Waals surface area contributed by atoms with Gasteiger partial charge in [0.05, 0.1) is 12.4 Å². The second-order valence-electron chi connectivity index (χ2n) is 4.08. The van der Waals surface area contributed by atoms with E-state index in [1.54, 1.807) is 42.3 Å². The number of ether oxygens (including phenoxy) is 1. The molecule has 6 heteroatoms. The first-order chi connectivity index (χ1) is 9.11. The van der Waals surface area contributed by atoms with Gasteiger partial charge >= 0.3 is 0 Å². The van der Waals surface area contributed by atoms with Gasteiger partial charge in [-0.05, 0) is 31.2 Å². The van der Waals surface area contributed by atoms with Crippen molar-refractivity contribution in [1.82, 2.24) is 14.8 Å². The number of carbonyl (C=O) groups excluding carboxylic acids is 1. The van der Waals surface area contributed by atoms with E-state index in [1.165, 1.54) is 11.8 Å². The summed E-state index contributed by atoms with van der Waals surface area (Å²) in [4.78, 5) is 12.3. The lowest BCUT2D eigenvalue weighted by Crippen LogP contribution is -2.14. The predicted molar refractivity (Wildman–Crippen MR) is 73.6 cm³/mol. The van der Waals surface area contributed by atoms with Gasteiger partial charge in [-0.2, -0.15) is 0 Å². The summed E-state index contributed by atoms with van der Waals surface area (Å²) >= 11 is 1.40. The van der Waals surface area contributed by atoms with E-state index >= 15 is 0 Å². The minimum Gasteiger partial charge on any atom is -0.497 e. The SMILES string of the molecule is COc1ccc(C(=O)[C@H](C)Sc2nncn2C)cc1. The molecule has 0 unspecified atom stereocenters. The number of hydrogen-bond acceptors (Lipinski definition) is 5. The molecule has 0 N–H and O–H groups in total. The number of aryl methyl sites for hydroxylation is 1. The van der Waals surface area contributed by atoms with Crippen molar-refractivity contribution in [2.45, 2.75) is 17.3 Å². The molecule has 0 aliphatic carbocycles. The van der Waals surface area contributed by atoms with Gasteiger partial charge in [0.2, 0.25) is 0 Å². The number of aromatic nitrogens is 3. The third kappa shape index (κ3) is 3.14. The normalized spacial score (nSPS) is 12.2. The highest BCUT2D eigenvalue weighted by molar-refractivity contribution is 8.00. The maximum absolute atomic E-state index is 12.3. The van der Waals surface area contributed by atoms with Crippen LogP contribution in [0.2, 0.25) is 0 Å². The van der Waals surface area contributed by atoms with Gasteiger partial charge in [-0.25, -0.2) is 0 Å². The number of carbonyl (C=O) groups is 1. The van der Waals surface area contributed by atoms with Gasteiger partial charge in [0.1, 0.15) is 12.1 Å². The summed E-state index contributed by atoms with van der Waals surface area (Å²) in [5.74, 6) is 0.806. The largest absolute Gasteiger partial charge is 0.497 e. The summed E-state index contributed by atoms with van der Waals surface area (Å²) in [6.45, 7) is 1.87. The topological polar surface area (TPSA) is 57.0 Å². The molecule has 0 aliphatic heterocycles. The summed E-state index contributed by atoms with van der Waals surface area (Å²) in [5, 5.41) is 8.28. The molecule has 1 atom stereocenters. The number of methoxy groups -OCH3 is 1. The zero-order valence-electron chi connectivity index (χ0n) is 11.0. The van der Waals surface area contributed by atoms with Crippen molar-refractivity contribution in [2.24, 2.45) is 7.05 Å². The molecule has 100 valence electrons. The van der Waals surface area contributed by atoms with Gasteiger partial charge in [-0.15, -0.1) is 10.2 Å². The van der Waals surface area contributed by atoms with Gasteiger partial charge in [-0.1, -0.05) is 11.8 Å². The average Bonchev–Trinajstić information content (AvgIpc) is 2.83. The molecule has 1 aromatic carbocycles. The van der Waals surface area contributed by atoms with Crippen LogP contribution < -0.4 is 4.74 Å². The van der Waals surface area contributed by atoms with Crippen LogP contribution in [0.15, 0.2) is 35.7 Å². The minimum atomic E-state index is -0.212. The lowest BCUT2D eigenvalue weighted by molar-refractivity contribution is 0.0994. The molecule has 2 aromatic rings. The highest BCUT2D eigenvalue weighted by atomic mass is 32.2. The number of rotatable bonds is 5. The van der Waals surface area contributed by atoms with Gasteiger partial charge in [0.25, 0.3) is 0 Å². The molecule has 5 nitrogen and oxygen atoms in total. The van der Waals surface area contributed by atoms with E-state index in [0.29, 0.717) is 5.56 Å². The fourth-order valence-electron chi connectivity index (χ4n) is 1.58. The fraction of sp³-hybridized carbons (Fsp3) is 0.308. The summed E-state index contributed by atoms with van der Waals surface area (Å²) in [5.41, 5.74) is 0.669. The maximum Gasteiger partial charge on any atom is 0.191 e. The van der Waals surface area contributed by atoms with Crippen LogP contribution in [0, 0.1) is 0 Å². The third-order valence-corrected chi connectivity index (χ3v) is 3.84. The number of nitrogens with zero attached hydrogens (tertiary/aromatic N) is 3. The van der Waals surface area contributed by atoms with Crippen LogP contribution in [0.3, 0.4) is 0 Å². The molecular weight excluding hydrogens is 262 g/mol. The molecule has 0 saturated carbocycles. The third-order valence-electron chi connectivity index (χ3n) is 2.70. The molecule has 1 heterocycles. The van der Waals surface area contributed by atoms with Crippen LogP contribution in [0.1, 0.15) is 17.3 Å². The van der Waals surface area contributed by atoms with Gasteiger partial charge in [0.15, 0.2) is 10.9 Å². The monoisotopic (exact) mass is 277 g/mol. The van der Waals surface area contributed by atoms with E-state index in [4.69, 9.17) is 4.74 Å². The Morgan fingerprint density at radius 3 is 2.58 bits per heavy atom. The molecule has 1 aromatic heterocycles. The van der Waals surface area contributed by atoms with Gasteiger partial charge in [0, 0.05) is 12.6 Å². The van der Waals surface area contributed by atoms with E-state index in [0.717, 1.165) is 10.9 Å². The molecule has 0 radical (unpaired) electrons. The lowest BCUT2D eigenvalue weighted by atomic mass is 10.1. The Morgan fingerprint density at radius 1 is 1.37 bits per heavy atom. The molecule has 0 fully saturated rings. The zero-order valence-corrected chi connectivity index (χ0v) is 11.8. The Labute approximate surface area is 116 Å². The summed E-state index contributed by atoms with van der Waals surface area (Å²) in [7, 11) is 3.45. The van der Waals surface area contributed by atoms with Crippen LogP contribution in [-0.2, 0) is 7.05 Å². The Morgan fingerprint density at radius 2 is 2.05 bits per heavy atom. The van der Waals surface area contributed by atoms with Crippen LogP contribution in [0.5, 0.6) is 5.75 Å². The Kier molecular flexibility index (Phi) is 4.21. The van der Waals surface area contributed by atoms with Gasteiger partial charge in [-0.3, -0.25) is 4.79 Å². The first-order valence-corrected chi connectivity index (χ1v) is 6.68. The number of hydrogen-bond donors (Lipinski definition) is 0. The van der Waals surface area contributed by atoms with Gasteiger partial charge < -0.3 is 9.30 Å². The zero-order chi connectivity index (χ0) is 13.8. The number of benzene rings is 1. The molecule has 19 heavy (non-hydrogen) atoms. The van der Waals surface area contributed by atoms with Crippen molar-refractivity contribution < 1.29 is 9.53 Å². The first-order valence-electron chi connectivity index (χ1n) is 5.80. The molecule has 0 aliphatic rings. The minimum absolute atomic E-state index is 0.0654. The van der Waals surface area contributed by atoms with Crippen molar-refractivity contribution in [3.63, 3.8) is 0 Å². The first kappa shape index (κ1) is 13.6. The molecule has 0 amide bonds. The highest BCUT2D eigenvalue weighted by Crippen LogP contribution is 2.23. The maximum atomic E-state index is 12.3.